The molecule has 0 fully saturated rings. The lowest BCUT2D eigenvalue weighted by molar-refractivity contribution is -0.122. The molecule has 0 aliphatic carbocycles. The van der Waals surface area contributed by atoms with Gasteiger partial charge < -0.3 is 15.2 Å². The largest absolute Gasteiger partial charge is 0.491 e. The summed E-state index contributed by atoms with van der Waals surface area (Å²) in [5, 5.41) is 1.62. The number of fused-ring (bicyclic) bond motifs is 2. The molecule has 3 N–H and O–H groups in total. The van der Waals surface area contributed by atoms with Crippen LogP contribution in [0.1, 0.15) is 44.7 Å². The lowest BCUT2D eigenvalue weighted by Crippen LogP contribution is -2.40. The van der Waals surface area contributed by atoms with Crippen LogP contribution in [0.3, 0.4) is 0 Å². The van der Waals surface area contributed by atoms with Crippen LogP contribution < -0.4 is 20.6 Å². The first kappa shape index (κ1) is 21.1. The predicted octanol–water partition coefficient (Wildman–Crippen LogP) is 3.40. The Hall–Kier alpha value is -2.61. The molecule has 8 heteroatoms. The topological polar surface area (TPSA) is 76.8 Å². The van der Waals surface area contributed by atoms with Crippen LogP contribution >= 0.6 is 0 Å². The normalized spacial score (nSPS) is 16.5. The van der Waals surface area contributed by atoms with Gasteiger partial charge in [-0.1, -0.05) is 13.8 Å². The van der Waals surface area contributed by atoms with Crippen LogP contribution in [0.2, 0.25) is 0 Å². The van der Waals surface area contributed by atoms with Crippen molar-refractivity contribution >= 4 is 11.5 Å². The van der Waals surface area contributed by atoms with E-state index in [1.165, 1.54) is 6.92 Å². The molecule has 0 bridgehead atoms. The molecule has 1 unspecified atom stereocenters. The number of nitrogens with two attached hydrogens (primary N) is 1. The number of carbonyl (C=O) groups is 1. The molecule has 2 aliphatic heterocycles. The van der Waals surface area contributed by atoms with Gasteiger partial charge in [-0.2, -0.15) is 0 Å². The summed E-state index contributed by atoms with van der Waals surface area (Å²) in [5.41, 5.74) is 10.8. The summed E-state index contributed by atoms with van der Waals surface area (Å²) < 4.78 is 39.2. The highest BCUT2D eigenvalue weighted by molar-refractivity contribution is 5.81. The van der Waals surface area contributed by atoms with Crippen LogP contribution in [0, 0.1) is 5.92 Å². The van der Waals surface area contributed by atoms with E-state index in [2.05, 4.69) is 5.43 Å². The maximum Gasteiger partial charge on any atom is 0.271 e. The number of carbonyl (C=O) groups excluding carboxylic acids is 1. The molecule has 0 spiro atoms. The van der Waals surface area contributed by atoms with Crippen molar-refractivity contribution in [2.75, 3.05) is 19.8 Å². The summed E-state index contributed by atoms with van der Waals surface area (Å²) in [6, 6.07) is 3.04. The highest BCUT2D eigenvalue weighted by Gasteiger charge is 2.30. The minimum absolute atomic E-state index is 0.0899. The zero-order valence-corrected chi connectivity index (χ0v) is 16.9. The van der Waals surface area contributed by atoms with E-state index < -0.39 is 6.43 Å². The van der Waals surface area contributed by atoms with Gasteiger partial charge >= 0.3 is 0 Å². The van der Waals surface area contributed by atoms with E-state index in [1.54, 1.807) is 23.3 Å². The quantitative estimate of drug-likeness (QED) is 0.725. The van der Waals surface area contributed by atoms with Crippen LogP contribution in [0.5, 0.6) is 11.5 Å². The third kappa shape index (κ3) is 4.87. The van der Waals surface area contributed by atoms with E-state index in [-0.39, 0.29) is 42.2 Å². The molecule has 0 radical (unpaired) electrons. The Kier molecular flexibility index (Phi) is 6.42. The van der Waals surface area contributed by atoms with Gasteiger partial charge in [-0.15, -0.1) is 0 Å². The smallest absolute Gasteiger partial charge is 0.271 e. The van der Waals surface area contributed by atoms with Gasteiger partial charge in [0.2, 0.25) is 5.91 Å². The van der Waals surface area contributed by atoms with Gasteiger partial charge in [0.1, 0.15) is 30.3 Å². The molecule has 158 valence electrons. The molecular weight excluding hydrogens is 380 g/mol. The Morgan fingerprint density at radius 2 is 2.14 bits per heavy atom. The summed E-state index contributed by atoms with van der Waals surface area (Å²) in [5.74, 6) is 0.408. The van der Waals surface area contributed by atoms with Gasteiger partial charge in [0.05, 0.1) is 6.54 Å². The van der Waals surface area contributed by atoms with E-state index >= 15 is 0 Å². The van der Waals surface area contributed by atoms with Gasteiger partial charge in [0.25, 0.3) is 6.43 Å². The molecule has 0 saturated carbocycles. The van der Waals surface area contributed by atoms with Crippen LogP contribution in [0.15, 0.2) is 30.0 Å². The van der Waals surface area contributed by atoms with Crippen molar-refractivity contribution in [1.82, 2.24) is 10.4 Å². The van der Waals surface area contributed by atoms with Crippen molar-refractivity contribution in [3.05, 3.63) is 41.1 Å². The summed E-state index contributed by atoms with van der Waals surface area (Å²) in [6.45, 7) is 6.21. The minimum atomic E-state index is -2.76. The molecule has 29 heavy (non-hydrogen) atoms. The lowest BCUT2D eigenvalue weighted by atomic mass is 9.92. The summed E-state index contributed by atoms with van der Waals surface area (Å²) >= 11 is 0. The minimum Gasteiger partial charge on any atom is -0.491 e. The van der Waals surface area contributed by atoms with Crippen molar-refractivity contribution in [1.29, 1.82) is 0 Å². The third-order valence-corrected chi connectivity index (χ3v) is 4.77. The first-order valence-corrected chi connectivity index (χ1v) is 9.67. The number of benzene rings is 1. The fourth-order valence-electron chi connectivity index (χ4n) is 3.60. The highest BCUT2D eigenvalue weighted by atomic mass is 19.3. The number of ether oxygens (including phenoxy) is 2. The average molecular weight is 407 g/mol. The van der Waals surface area contributed by atoms with Gasteiger partial charge in [-0.3, -0.25) is 15.2 Å². The molecule has 6 nitrogen and oxygen atoms in total. The Morgan fingerprint density at radius 3 is 2.79 bits per heavy atom. The van der Waals surface area contributed by atoms with Crippen LogP contribution in [0.4, 0.5) is 8.78 Å². The van der Waals surface area contributed by atoms with Crippen LogP contribution in [-0.2, 0) is 4.79 Å². The molecule has 0 saturated heterocycles. The van der Waals surface area contributed by atoms with Gasteiger partial charge in [-0.05, 0) is 41.7 Å². The molecule has 2 heterocycles. The Labute approximate surface area is 169 Å². The number of hydrogen-bond donors (Lipinski definition) is 2. The van der Waals surface area contributed by atoms with E-state index in [0.29, 0.717) is 18.0 Å². The van der Waals surface area contributed by atoms with Crippen molar-refractivity contribution in [2.24, 2.45) is 11.7 Å². The Balaban J connectivity index is 1.88. The summed E-state index contributed by atoms with van der Waals surface area (Å²) in [4.78, 5) is 11.3. The molecule has 1 aromatic carbocycles. The van der Waals surface area contributed by atoms with Gasteiger partial charge in [-0.25, -0.2) is 8.78 Å². The molecule has 3 rings (SSSR count). The second kappa shape index (κ2) is 8.82. The standard InChI is InChI=1S/C21H27F2N3O3/c1-12(2)8-15(24)11-28-18-5-4-16-17-9-26(25-13(3)27)7-6-14(17)10-29-20(16)19(18)21(22)23/h4-7,12,15,21H,8-11,24H2,1-3H3,(H,25,27). The zero-order valence-electron chi connectivity index (χ0n) is 16.9. The van der Waals surface area contributed by atoms with E-state index in [9.17, 15) is 13.6 Å². The van der Waals surface area contributed by atoms with Crippen molar-refractivity contribution in [3.63, 3.8) is 0 Å². The highest BCUT2D eigenvalue weighted by Crippen LogP contribution is 2.45. The van der Waals surface area contributed by atoms with E-state index in [4.69, 9.17) is 15.2 Å². The van der Waals surface area contributed by atoms with E-state index in [1.807, 2.05) is 19.9 Å². The fourth-order valence-corrected chi connectivity index (χ4v) is 3.60. The van der Waals surface area contributed by atoms with Gasteiger partial charge in [0, 0.05) is 24.7 Å². The predicted molar refractivity (Wildman–Crippen MR) is 106 cm³/mol. The number of amides is 1. The number of rotatable bonds is 7. The van der Waals surface area contributed by atoms with Crippen LogP contribution in [-0.4, -0.2) is 36.7 Å². The van der Waals surface area contributed by atoms with Gasteiger partial charge in [0.15, 0.2) is 0 Å². The monoisotopic (exact) mass is 407 g/mol. The maximum atomic E-state index is 13.9. The number of nitrogens with one attached hydrogen (secondary N) is 1. The molecule has 2 aliphatic rings. The first-order valence-electron chi connectivity index (χ1n) is 9.67. The number of halogens is 2. The molecule has 0 aromatic heterocycles. The molecular formula is C21H27F2N3O3. The zero-order chi connectivity index (χ0) is 21.1. The Morgan fingerprint density at radius 1 is 1.38 bits per heavy atom. The van der Waals surface area contributed by atoms with E-state index in [0.717, 1.165) is 17.6 Å². The molecule has 1 amide bonds. The van der Waals surface area contributed by atoms with Crippen molar-refractivity contribution < 1.29 is 23.0 Å². The van der Waals surface area contributed by atoms with Crippen molar-refractivity contribution in [3.8, 4) is 11.5 Å². The molecule has 1 atom stereocenters. The SMILES string of the molecule is CC(=O)NN1C=CC2=C(C1)c1ccc(OCC(N)CC(C)C)c(C(F)F)c1OC2. The number of alkyl halides is 2. The number of hydrogen-bond acceptors (Lipinski definition) is 5. The molecule has 1 aromatic rings. The maximum absolute atomic E-state index is 13.9. The number of nitrogens with zero attached hydrogens (tertiary/aromatic N) is 1. The second-order valence-electron chi connectivity index (χ2n) is 7.76. The summed E-state index contributed by atoms with van der Waals surface area (Å²) in [7, 11) is 0. The fraction of sp³-hybridized carbons (Fsp3) is 0.476. The third-order valence-electron chi connectivity index (χ3n) is 4.77. The average Bonchev–Trinajstić information content (AvgIpc) is 2.64. The van der Waals surface area contributed by atoms with Crippen LogP contribution in [0.25, 0.3) is 5.57 Å². The lowest BCUT2D eigenvalue weighted by Gasteiger charge is -2.32. The summed E-state index contributed by atoms with van der Waals surface area (Å²) in [6.07, 6.45) is 1.53. The second-order valence-corrected chi connectivity index (χ2v) is 7.76. The number of hydrazine groups is 1. The van der Waals surface area contributed by atoms with Crippen molar-refractivity contribution in [2.45, 2.75) is 39.7 Å². The first-order chi connectivity index (χ1) is 13.8. The Bertz CT molecular complexity index is 837.